The average molecular weight is 306 g/mol. The molecule has 0 saturated carbocycles. The molecule has 116 valence electrons. The van der Waals surface area contributed by atoms with Crippen LogP contribution in [-0.4, -0.2) is 22.6 Å². The molecule has 2 N–H and O–H groups in total. The van der Waals surface area contributed by atoms with Crippen molar-refractivity contribution in [3.05, 3.63) is 11.4 Å². The standard InChI is InChI=1S/C16H26N4S/c1-5-17-16-19-14(13-9-10-21-15(13)20-16)18-12(4)8-6-7-11(2)3/h9-12H,5-8H2,1-4H3,(H2,17,18,19,20). The van der Waals surface area contributed by atoms with Gasteiger partial charge in [0.1, 0.15) is 10.6 Å². The van der Waals surface area contributed by atoms with Crippen molar-refractivity contribution in [2.45, 2.75) is 53.0 Å². The van der Waals surface area contributed by atoms with E-state index in [4.69, 9.17) is 0 Å². The molecule has 0 amide bonds. The van der Waals surface area contributed by atoms with E-state index in [1.165, 1.54) is 19.3 Å². The number of anilines is 2. The maximum absolute atomic E-state index is 4.62. The van der Waals surface area contributed by atoms with Crippen molar-refractivity contribution in [3.63, 3.8) is 0 Å². The first kappa shape index (κ1) is 16.0. The van der Waals surface area contributed by atoms with Crippen LogP contribution < -0.4 is 10.6 Å². The number of nitrogens with zero attached hydrogens (tertiary/aromatic N) is 2. The van der Waals surface area contributed by atoms with Crippen LogP contribution in [0.4, 0.5) is 11.8 Å². The maximum Gasteiger partial charge on any atom is 0.226 e. The normalized spacial score (nSPS) is 12.8. The van der Waals surface area contributed by atoms with Gasteiger partial charge < -0.3 is 10.6 Å². The number of rotatable bonds is 8. The predicted molar refractivity (Wildman–Crippen MR) is 93.4 cm³/mol. The quantitative estimate of drug-likeness (QED) is 0.739. The van der Waals surface area contributed by atoms with Crippen LogP contribution in [0.3, 0.4) is 0 Å². The summed E-state index contributed by atoms with van der Waals surface area (Å²) in [6, 6.07) is 2.52. The average Bonchev–Trinajstić information content (AvgIpc) is 2.87. The molecule has 2 heterocycles. The molecule has 2 aromatic rings. The first-order chi connectivity index (χ1) is 10.1. The zero-order valence-electron chi connectivity index (χ0n) is 13.4. The molecule has 0 bridgehead atoms. The van der Waals surface area contributed by atoms with E-state index in [0.717, 1.165) is 28.5 Å². The van der Waals surface area contributed by atoms with Gasteiger partial charge in [0.2, 0.25) is 5.95 Å². The molecular weight excluding hydrogens is 280 g/mol. The number of hydrogen-bond acceptors (Lipinski definition) is 5. The summed E-state index contributed by atoms with van der Waals surface area (Å²) in [5.74, 6) is 2.44. The summed E-state index contributed by atoms with van der Waals surface area (Å²) < 4.78 is 0. The van der Waals surface area contributed by atoms with Crippen LogP contribution in [0.15, 0.2) is 11.4 Å². The Balaban J connectivity index is 2.07. The zero-order chi connectivity index (χ0) is 15.2. The Labute approximate surface area is 131 Å². The molecule has 0 saturated heterocycles. The summed E-state index contributed by atoms with van der Waals surface area (Å²) in [5.41, 5.74) is 0. The number of aromatic nitrogens is 2. The topological polar surface area (TPSA) is 49.8 Å². The zero-order valence-corrected chi connectivity index (χ0v) is 14.3. The Kier molecular flexibility index (Phi) is 5.79. The number of thiophene rings is 1. The van der Waals surface area contributed by atoms with Gasteiger partial charge in [-0.25, -0.2) is 4.98 Å². The van der Waals surface area contributed by atoms with E-state index in [0.29, 0.717) is 12.0 Å². The second kappa shape index (κ2) is 7.59. The van der Waals surface area contributed by atoms with Crippen LogP contribution in [0.25, 0.3) is 10.2 Å². The summed E-state index contributed by atoms with van der Waals surface area (Å²) >= 11 is 1.66. The Hall–Kier alpha value is -1.36. The van der Waals surface area contributed by atoms with Crippen LogP contribution in [-0.2, 0) is 0 Å². The highest BCUT2D eigenvalue weighted by molar-refractivity contribution is 7.16. The molecule has 21 heavy (non-hydrogen) atoms. The lowest BCUT2D eigenvalue weighted by Gasteiger charge is -2.16. The van der Waals surface area contributed by atoms with Gasteiger partial charge in [-0.05, 0) is 37.6 Å². The number of hydrogen-bond donors (Lipinski definition) is 2. The highest BCUT2D eigenvalue weighted by Crippen LogP contribution is 2.27. The Morgan fingerprint density at radius 3 is 2.71 bits per heavy atom. The van der Waals surface area contributed by atoms with E-state index in [1.807, 2.05) is 0 Å². The molecule has 0 aliphatic carbocycles. The summed E-state index contributed by atoms with van der Waals surface area (Å²) in [5, 5.41) is 9.96. The van der Waals surface area contributed by atoms with Crippen LogP contribution in [0, 0.1) is 5.92 Å². The van der Waals surface area contributed by atoms with Crippen molar-refractivity contribution in [1.82, 2.24) is 9.97 Å². The summed E-state index contributed by atoms with van der Waals surface area (Å²) in [7, 11) is 0. The van der Waals surface area contributed by atoms with Gasteiger partial charge in [-0.3, -0.25) is 0 Å². The molecule has 2 rings (SSSR count). The monoisotopic (exact) mass is 306 g/mol. The third-order valence-corrected chi connectivity index (χ3v) is 4.27. The molecule has 0 aromatic carbocycles. The lowest BCUT2D eigenvalue weighted by molar-refractivity contribution is 0.520. The number of nitrogens with one attached hydrogen (secondary N) is 2. The minimum Gasteiger partial charge on any atom is -0.367 e. The van der Waals surface area contributed by atoms with E-state index >= 15 is 0 Å². The second-order valence-electron chi connectivity index (χ2n) is 5.94. The second-order valence-corrected chi connectivity index (χ2v) is 6.83. The smallest absolute Gasteiger partial charge is 0.226 e. The van der Waals surface area contributed by atoms with Gasteiger partial charge in [0, 0.05) is 12.6 Å². The predicted octanol–water partition coefficient (Wildman–Crippen LogP) is 4.75. The lowest BCUT2D eigenvalue weighted by atomic mass is 10.0. The van der Waals surface area contributed by atoms with Crippen molar-refractivity contribution in [2.24, 2.45) is 5.92 Å². The summed E-state index contributed by atoms with van der Waals surface area (Å²) in [4.78, 5) is 10.2. The Bertz CT molecular complexity index is 564. The van der Waals surface area contributed by atoms with Crippen molar-refractivity contribution in [1.29, 1.82) is 0 Å². The Morgan fingerprint density at radius 1 is 1.19 bits per heavy atom. The molecule has 0 spiro atoms. The van der Waals surface area contributed by atoms with E-state index < -0.39 is 0 Å². The molecule has 4 nitrogen and oxygen atoms in total. The molecule has 1 atom stereocenters. The fourth-order valence-corrected chi connectivity index (χ4v) is 3.10. The van der Waals surface area contributed by atoms with Crippen molar-refractivity contribution < 1.29 is 0 Å². The Morgan fingerprint density at radius 2 is 2.00 bits per heavy atom. The molecule has 0 aliphatic heterocycles. The van der Waals surface area contributed by atoms with E-state index in [9.17, 15) is 0 Å². The summed E-state index contributed by atoms with van der Waals surface area (Å²) in [6.45, 7) is 9.68. The van der Waals surface area contributed by atoms with Crippen molar-refractivity contribution in [2.75, 3.05) is 17.2 Å². The third kappa shape index (κ3) is 4.56. The molecule has 0 aliphatic rings. The highest BCUT2D eigenvalue weighted by Gasteiger charge is 2.11. The van der Waals surface area contributed by atoms with Crippen LogP contribution in [0.5, 0.6) is 0 Å². The fourth-order valence-electron chi connectivity index (χ4n) is 2.34. The van der Waals surface area contributed by atoms with Gasteiger partial charge in [-0.1, -0.05) is 26.7 Å². The molecule has 0 fully saturated rings. The van der Waals surface area contributed by atoms with Crippen LogP contribution >= 0.6 is 11.3 Å². The lowest BCUT2D eigenvalue weighted by Crippen LogP contribution is -2.17. The fraction of sp³-hybridized carbons (Fsp3) is 0.625. The van der Waals surface area contributed by atoms with E-state index in [1.54, 1.807) is 11.3 Å². The van der Waals surface area contributed by atoms with Gasteiger partial charge >= 0.3 is 0 Å². The van der Waals surface area contributed by atoms with Gasteiger partial charge in [-0.15, -0.1) is 11.3 Å². The molecule has 0 radical (unpaired) electrons. The van der Waals surface area contributed by atoms with E-state index in [2.05, 4.69) is 59.7 Å². The van der Waals surface area contributed by atoms with Crippen molar-refractivity contribution in [3.8, 4) is 0 Å². The van der Waals surface area contributed by atoms with Crippen LogP contribution in [0.2, 0.25) is 0 Å². The third-order valence-electron chi connectivity index (χ3n) is 3.46. The van der Waals surface area contributed by atoms with Crippen LogP contribution in [0.1, 0.15) is 47.0 Å². The van der Waals surface area contributed by atoms with Gasteiger partial charge in [-0.2, -0.15) is 4.98 Å². The molecule has 5 heteroatoms. The minimum absolute atomic E-state index is 0.427. The number of fused-ring (bicyclic) bond motifs is 1. The highest BCUT2D eigenvalue weighted by atomic mass is 32.1. The van der Waals surface area contributed by atoms with E-state index in [-0.39, 0.29) is 0 Å². The maximum atomic E-state index is 4.62. The van der Waals surface area contributed by atoms with Gasteiger partial charge in [0.05, 0.1) is 5.39 Å². The van der Waals surface area contributed by atoms with Gasteiger partial charge in [0.15, 0.2) is 0 Å². The van der Waals surface area contributed by atoms with Crippen molar-refractivity contribution >= 4 is 33.3 Å². The first-order valence-corrected chi connectivity index (χ1v) is 8.73. The van der Waals surface area contributed by atoms with Gasteiger partial charge in [0.25, 0.3) is 0 Å². The molecular formula is C16H26N4S. The summed E-state index contributed by atoms with van der Waals surface area (Å²) in [6.07, 6.45) is 3.71. The SMILES string of the molecule is CCNc1nc(NC(C)CCCC(C)C)c2ccsc2n1. The largest absolute Gasteiger partial charge is 0.367 e. The first-order valence-electron chi connectivity index (χ1n) is 7.85. The molecule has 1 unspecified atom stereocenters. The minimum atomic E-state index is 0.427. The molecule has 2 aromatic heterocycles.